The van der Waals surface area contributed by atoms with Crippen molar-refractivity contribution in [3.05, 3.63) is 46.5 Å². The third-order valence-corrected chi connectivity index (χ3v) is 11.9. The first kappa shape index (κ1) is 41.7. The molecule has 4 rings (SSSR count). The van der Waals surface area contributed by atoms with Crippen molar-refractivity contribution in [2.24, 2.45) is 5.92 Å². The van der Waals surface area contributed by atoms with E-state index in [4.69, 9.17) is 35.3 Å². The fraction of sp³-hybridized carbons (Fsp3) is 0.632. The lowest BCUT2D eigenvalue weighted by Gasteiger charge is -2.41. The highest BCUT2D eigenvalue weighted by Gasteiger charge is 2.69. The number of likely N-dealkylation sites (N-methyl/N-ethyl adjacent to an activating group) is 1. The lowest BCUT2D eigenvalue weighted by molar-refractivity contribution is -0.187. The molecular formula is C38H53ClN2O10S. The average Bonchev–Trinajstić information content (AvgIpc) is 3.80. The van der Waals surface area contributed by atoms with Gasteiger partial charge >= 0.3 is 11.9 Å². The van der Waals surface area contributed by atoms with Gasteiger partial charge in [-0.3, -0.25) is 14.4 Å². The Hall–Kier alpha value is -3.10. The number of halogens is 1. The fourth-order valence-corrected chi connectivity index (χ4v) is 7.80. The molecule has 0 aliphatic carbocycles. The van der Waals surface area contributed by atoms with Crippen LogP contribution in [-0.4, -0.2) is 115 Å². The number of fused-ring (bicyclic) bond motifs is 5. The zero-order valence-corrected chi connectivity index (χ0v) is 33.4. The highest BCUT2D eigenvalue weighted by molar-refractivity contribution is 7.98. The lowest BCUT2D eigenvalue weighted by atomic mass is 9.76. The molecule has 0 unspecified atom stereocenters. The van der Waals surface area contributed by atoms with Gasteiger partial charge in [0.2, 0.25) is 11.8 Å². The summed E-state index contributed by atoms with van der Waals surface area (Å²) in [6.07, 6.45) is 5.22. The zero-order valence-electron chi connectivity index (χ0n) is 31.8. The highest BCUT2D eigenvalue weighted by atomic mass is 35.5. The van der Waals surface area contributed by atoms with Crippen LogP contribution in [0.2, 0.25) is 5.02 Å². The Labute approximate surface area is 316 Å². The number of hydrogen-bond donors (Lipinski definition) is 1. The first-order valence-electron chi connectivity index (χ1n) is 17.4. The van der Waals surface area contributed by atoms with E-state index in [1.165, 1.54) is 35.8 Å². The predicted molar refractivity (Wildman–Crippen MR) is 200 cm³/mol. The van der Waals surface area contributed by atoms with E-state index in [9.17, 15) is 24.3 Å². The van der Waals surface area contributed by atoms with Gasteiger partial charge in [0.05, 0.1) is 31.7 Å². The molecule has 4 bridgehead atoms. The standard InChI is InChI=1S/C38H53ClN2O10S/c1-22-12-11-13-29(48-9)38(46)19-28(49-32(44)21-38)23(2)34-37(5,50-34)36(4,51-35(45)24(3)40(6)30(42)14-15-52-10)20-31(43)41(7)26-17-25(16-22)18-27(47-8)33(26)39/h11-13,17-18,23-24,28-29,34,46H,14-16,19-21H2,1-10H3/b13-11+,22-12+/t23-,24-,28+,29-,34+,36+,37-,38-/m1/s1. The maximum atomic E-state index is 14.3. The number of anilines is 1. The maximum absolute atomic E-state index is 14.3. The molecule has 8 atom stereocenters. The molecule has 12 nitrogen and oxygen atoms in total. The van der Waals surface area contributed by atoms with E-state index in [0.717, 1.165) is 11.1 Å². The molecule has 1 N–H and O–H groups in total. The minimum absolute atomic E-state index is 0.0592. The second-order valence-electron chi connectivity index (χ2n) is 14.6. The van der Waals surface area contributed by atoms with Crippen LogP contribution >= 0.6 is 23.4 Å². The van der Waals surface area contributed by atoms with Crippen molar-refractivity contribution in [3.8, 4) is 5.75 Å². The Balaban J connectivity index is 1.81. The molecule has 0 radical (unpaired) electrons. The van der Waals surface area contributed by atoms with E-state index in [2.05, 4.69) is 0 Å². The van der Waals surface area contributed by atoms with Crippen molar-refractivity contribution in [3.63, 3.8) is 0 Å². The summed E-state index contributed by atoms with van der Waals surface area (Å²) in [6, 6.07) is 2.65. The smallest absolute Gasteiger partial charge is 0.329 e. The predicted octanol–water partition coefficient (Wildman–Crippen LogP) is 4.91. The summed E-state index contributed by atoms with van der Waals surface area (Å²) >= 11 is 8.31. The number of allylic oxidation sites excluding steroid dienone is 3. The van der Waals surface area contributed by atoms with E-state index in [1.807, 2.05) is 32.2 Å². The summed E-state index contributed by atoms with van der Waals surface area (Å²) in [5.41, 5.74) is -2.22. The SMILES string of the molecule is COc1cc2cc(c1Cl)N(C)C(=O)C[C@](C)(OC(=O)[C@@H](C)N(C)C(=O)CCSC)[C@]1(C)O[C@H]1[C@H](C)[C@@H]1C[C@@](O)(CC(=O)O1)[C@H](OC)/C=C/C=C(\C)C2. The largest absolute Gasteiger partial charge is 0.495 e. The molecule has 3 aliphatic heterocycles. The number of nitrogens with zero attached hydrogens (tertiary/aromatic N) is 2. The summed E-state index contributed by atoms with van der Waals surface area (Å²) in [7, 11) is 6.11. The van der Waals surface area contributed by atoms with Gasteiger partial charge in [-0.1, -0.05) is 42.3 Å². The van der Waals surface area contributed by atoms with Gasteiger partial charge in [-0.2, -0.15) is 11.8 Å². The van der Waals surface area contributed by atoms with Gasteiger partial charge in [0.15, 0.2) is 0 Å². The highest BCUT2D eigenvalue weighted by Crippen LogP contribution is 2.54. The number of rotatable bonds is 8. The Morgan fingerprint density at radius 1 is 1.21 bits per heavy atom. The third kappa shape index (κ3) is 8.65. The van der Waals surface area contributed by atoms with Crippen LogP contribution in [-0.2, 0) is 44.5 Å². The van der Waals surface area contributed by atoms with Crippen molar-refractivity contribution in [1.29, 1.82) is 0 Å². The molecule has 1 aromatic rings. The summed E-state index contributed by atoms with van der Waals surface area (Å²) in [4.78, 5) is 56.7. The molecule has 14 heteroatoms. The molecule has 3 aliphatic rings. The Kier molecular flexibility index (Phi) is 13.2. The van der Waals surface area contributed by atoms with Crippen LogP contribution in [0.25, 0.3) is 0 Å². The van der Waals surface area contributed by atoms with Crippen LogP contribution < -0.4 is 9.64 Å². The molecule has 288 valence electrons. The van der Waals surface area contributed by atoms with Crippen molar-refractivity contribution in [2.75, 3.05) is 45.2 Å². The number of esters is 2. The van der Waals surface area contributed by atoms with Gasteiger partial charge in [0, 0.05) is 45.7 Å². The minimum Gasteiger partial charge on any atom is -0.495 e. The number of epoxide rings is 1. The quantitative estimate of drug-likeness (QED) is 0.285. The third-order valence-electron chi connectivity index (χ3n) is 10.9. The van der Waals surface area contributed by atoms with Gasteiger partial charge in [0.25, 0.3) is 0 Å². The van der Waals surface area contributed by atoms with Crippen LogP contribution in [0.5, 0.6) is 5.75 Å². The summed E-state index contributed by atoms with van der Waals surface area (Å²) < 4.78 is 29.7. The summed E-state index contributed by atoms with van der Waals surface area (Å²) in [6.45, 7) is 8.73. The van der Waals surface area contributed by atoms with Crippen molar-refractivity contribution in [1.82, 2.24) is 4.90 Å². The van der Waals surface area contributed by atoms with Crippen molar-refractivity contribution >= 4 is 52.8 Å². The van der Waals surface area contributed by atoms with Gasteiger partial charge in [0.1, 0.15) is 45.8 Å². The molecule has 2 saturated heterocycles. The molecule has 2 amide bonds. The van der Waals surface area contributed by atoms with Crippen LogP contribution in [0.1, 0.15) is 65.9 Å². The van der Waals surface area contributed by atoms with Crippen LogP contribution in [0.4, 0.5) is 5.69 Å². The summed E-state index contributed by atoms with van der Waals surface area (Å²) in [5.74, 6) is -1.46. The normalized spacial score (nSPS) is 33.2. The number of aliphatic hydroxyl groups is 1. The molecule has 1 aromatic carbocycles. The first-order chi connectivity index (χ1) is 24.3. The molecule has 3 heterocycles. The van der Waals surface area contributed by atoms with Crippen molar-refractivity contribution < 1.29 is 48.0 Å². The molecular weight excluding hydrogens is 712 g/mol. The molecule has 2 fully saturated rings. The van der Waals surface area contributed by atoms with E-state index in [1.54, 1.807) is 53.1 Å². The number of hydrogen-bond acceptors (Lipinski definition) is 11. The van der Waals surface area contributed by atoms with Crippen LogP contribution in [0, 0.1) is 5.92 Å². The van der Waals surface area contributed by atoms with Gasteiger partial charge < -0.3 is 38.6 Å². The topological polar surface area (TPSA) is 144 Å². The number of carbonyl (C=O) groups excluding carboxylic acids is 4. The van der Waals surface area contributed by atoms with E-state index < -0.39 is 64.9 Å². The number of methoxy groups -OCH3 is 2. The van der Waals surface area contributed by atoms with Gasteiger partial charge in [-0.25, -0.2) is 4.79 Å². The monoisotopic (exact) mass is 764 g/mol. The van der Waals surface area contributed by atoms with Gasteiger partial charge in [-0.15, -0.1) is 0 Å². The summed E-state index contributed by atoms with van der Waals surface area (Å²) in [5, 5.41) is 12.1. The average molecular weight is 765 g/mol. The maximum Gasteiger partial charge on any atom is 0.329 e. The lowest BCUT2D eigenvalue weighted by Crippen LogP contribution is -2.55. The Morgan fingerprint density at radius 3 is 2.54 bits per heavy atom. The Morgan fingerprint density at radius 2 is 1.90 bits per heavy atom. The van der Waals surface area contributed by atoms with Crippen molar-refractivity contribution in [2.45, 2.75) is 108 Å². The van der Waals surface area contributed by atoms with Gasteiger partial charge in [-0.05, 0) is 58.1 Å². The first-order valence-corrected chi connectivity index (χ1v) is 19.2. The Bertz CT molecular complexity index is 1600. The minimum atomic E-state index is -1.58. The number of ether oxygens (including phenoxy) is 5. The number of thioether (sulfide) groups is 1. The second-order valence-corrected chi connectivity index (χ2v) is 15.9. The molecule has 0 aromatic heterocycles. The van der Waals surface area contributed by atoms with E-state index in [-0.39, 0.29) is 36.6 Å². The van der Waals surface area contributed by atoms with E-state index >= 15 is 0 Å². The number of amides is 2. The molecule has 52 heavy (non-hydrogen) atoms. The number of benzene rings is 1. The molecule has 0 saturated carbocycles. The zero-order chi connectivity index (χ0) is 38.8. The second kappa shape index (κ2) is 16.5. The van der Waals surface area contributed by atoms with E-state index in [0.29, 0.717) is 23.6 Å². The molecule has 0 spiro atoms. The van der Waals surface area contributed by atoms with Crippen LogP contribution in [0.15, 0.2) is 35.9 Å². The number of carbonyl (C=O) groups is 4. The fourth-order valence-electron chi connectivity index (χ4n) is 7.11. The van der Waals surface area contributed by atoms with Crippen LogP contribution in [0.3, 0.4) is 0 Å².